The first-order valence-corrected chi connectivity index (χ1v) is 7.60. The van der Waals surface area contributed by atoms with Crippen molar-refractivity contribution in [1.29, 1.82) is 0 Å². The Morgan fingerprint density at radius 1 is 1.38 bits per heavy atom. The number of carboxylic acid groups (broad SMARTS) is 1. The van der Waals surface area contributed by atoms with Crippen molar-refractivity contribution in [2.75, 3.05) is 6.61 Å². The standard InChI is InChI=1S/C17H29NO3/c1-8-9-21-18-11-12(2)10-13-16(6,7)17(13,14(19)20)15(3,4)5/h10-11,13H,8-9H2,1-7H3,(H,19,20)/t13-,17-/m0/s1. The van der Waals surface area contributed by atoms with E-state index in [4.69, 9.17) is 4.84 Å². The lowest BCUT2D eigenvalue weighted by molar-refractivity contribution is -0.150. The maximum Gasteiger partial charge on any atom is 0.311 e. The summed E-state index contributed by atoms with van der Waals surface area (Å²) in [5.41, 5.74) is -0.369. The number of oxime groups is 1. The number of hydrogen-bond donors (Lipinski definition) is 1. The number of allylic oxidation sites excluding steroid dienone is 2. The third-order valence-electron chi connectivity index (χ3n) is 4.75. The van der Waals surface area contributed by atoms with Crippen molar-refractivity contribution in [1.82, 2.24) is 0 Å². The second kappa shape index (κ2) is 5.82. The predicted octanol–water partition coefficient (Wildman–Crippen LogP) is 4.12. The van der Waals surface area contributed by atoms with E-state index in [9.17, 15) is 9.90 Å². The van der Waals surface area contributed by atoms with Crippen LogP contribution in [0.3, 0.4) is 0 Å². The maximum atomic E-state index is 11.9. The van der Waals surface area contributed by atoms with Crippen LogP contribution in [0.1, 0.15) is 54.9 Å². The Bertz CT molecular complexity index is 457. The summed E-state index contributed by atoms with van der Waals surface area (Å²) in [5.74, 6) is -0.714. The van der Waals surface area contributed by atoms with Crippen molar-refractivity contribution in [2.24, 2.45) is 27.3 Å². The van der Waals surface area contributed by atoms with E-state index in [-0.39, 0.29) is 16.7 Å². The first-order valence-electron chi connectivity index (χ1n) is 7.60. The van der Waals surface area contributed by atoms with Crippen LogP contribution in [-0.4, -0.2) is 23.9 Å². The predicted molar refractivity (Wildman–Crippen MR) is 85.3 cm³/mol. The third kappa shape index (κ3) is 2.85. The number of rotatable bonds is 6. The lowest BCUT2D eigenvalue weighted by Gasteiger charge is -2.30. The van der Waals surface area contributed by atoms with Crippen LogP contribution in [0.4, 0.5) is 0 Å². The number of carbonyl (C=O) groups is 1. The molecule has 0 unspecified atom stereocenters. The Morgan fingerprint density at radius 3 is 2.33 bits per heavy atom. The number of carboxylic acids is 1. The van der Waals surface area contributed by atoms with E-state index in [1.807, 2.05) is 54.5 Å². The largest absolute Gasteiger partial charge is 0.481 e. The molecule has 0 aromatic carbocycles. The SMILES string of the molecule is CCCON=CC(C)=C[C@H]1C(C)(C)[C@@]1(C(=O)O)C(C)(C)C. The molecule has 1 saturated carbocycles. The van der Waals surface area contributed by atoms with Crippen molar-refractivity contribution in [3.05, 3.63) is 11.6 Å². The van der Waals surface area contributed by atoms with Crippen LogP contribution in [0.5, 0.6) is 0 Å². The third-order valence-corrected chi connectivity index (χ3v) is 4.75. The zero-order valence-corrected chi connectivity index (χ0v) is 14.4. The molecule has 0 aromatic rings. The fourth-order valence-corrected chi connectivity index (χ4v) is 3.87. The summed E-state index contributed by atoms with van der Waals surface area (Å²) in [7, 11) is 0. The molecular formula is C17H29NO3. The highest BCUT2D eigenvalue weighted by Gasteiger charge is 2.79. The van der Waals surface area contributed by atoms with Crippen LogP contribution in [0.15, 0.2) is 16.8 Å². The Morgan fingerprint density at radius 2 is 1.95 bits per heavy atom. The summed E-state index contributed by atoms with van der Waals surface area (Å²) < 4.78 is 0. The number of aliphatic carboxylic acids is 1. The van der Waals surface area contributed by atoms with Gasteiger partial charge in [-0.3, -0.25) is 4.79 Å². The van der Waals surface area contributed by atoms with E-state index in [1.54, 1.807) is 6.21 Å². The molecule has 2 atom stereocenters. The molecule has 1 N–H and O–H groups in total. The molecule has 0 saturated heterocycles. The zero-order chi connectivity index (χ0) is 16.5. The Labute approximate surface area is 128 Å². The van der Waals surface area contributed by atoms with Crippen LogP contribution in [0, 0.1) is 22.2 Å². The van der Waals surface area contributed by atoms with E-state index >= 15 is 0 Å². The molecule has 1 fully saturated rings. The van der Waals surface area contributed by atoms with Gasteiger partial charge in [0.25, 0.3) is 0 Å². The van der Waals surface area contributed by atoms with Crippen LogP contribution in [0.25, 0.3) is 0 Å². The molecule has 21 heavy (non-hydrogen) atoms. The molecule has 4 nitrogen and oxygen atoms in total. The van der Waals surface area contributed by atoms with Crippen molar-refractivity contribution in [3.63, 3.8) is 0 Å². The maximum absolute atomic E-state index is 11.9. The molecule has 0 heterocycles. The lowest BCUT2D eigenvalue weighted by Crippen LogP contribution is -2.35. The van der Waals surface area contributed by atoms with Crippen LogP contribution < -0.4 is 0 Å². The minimum atomic E-state index is -0.737. The van der Waals surface area contributed by atoms with Gasteiger partial charge in [-0.2, -0.15) is 0 Å². The molecule has 0 bridgehead atoms. The molecule has 0 radical (unpaired) electrons. The summed E-state index contributed by atoms with van der Waals surface area (Å²) in [4.78, 5) is 17.0. The van der Waals surface area contributed by atoms with Crippen LogP contribution >= 0.6 is 0 Å². The molecule has 1 aliphatic rings. The van der Waals surface area contributed by atoms with Gasteiger partial charge < -0.3 is 9.94 Å². The average Bonchev–Trinajstić information content (AvgIpc) is 2.81. The highest BCUT2D eigenvalue weighted by molar-refractivity contribution is 5.84. The highest BCUT2D eigenvalue weighted by Crippen LogP contribution is 2.76. The molecule has 0 amide bonds. The van der Waals surface area contributed by atoms with E-state index in [2.05, 4.69) is 5.16 Å². The molecule has 1 aliphatic carbocycles. The van der Waals surface area contributed by atoms with Gasteiger partial charge in [0, 0.05) is 5.92 Å². The average molecular weight is 295 g/mol. The van der Waals surface area contributed by atoms with Crippen LogP contribution in [-0.2, 0) is 9.63 Å². The molecular weight excluding hydrogens is 266 g/mol. The summed E-state index contributed by atoms with van der Waals surface area (Å²) >= 11 is 0. The van der Waals surface area contributed by atoms with Crippen molar-refractivity contribution in [2.45, 2.75) is 54.9 Å². The monoisotopic (exact) mass is 295 g/mol. The summed E-state index contributed by atoms with van der Waals surface area (Å²) in [6, 6.07) is 0. The van der Waals surface area contributed by atoms with Gasteiger partial charge >= 0.3 is 5.97 Å². The fraction of sp³-hybridized carbons (Fsp3) is 0.765. The van der Waals surface area contributed by atoms with Crippen molar-refractivity contribution < 1.29 is 14.7 Å². The minimum absolute atomic E-state index is 0.000116. The summed E-state index contributed by atoms with van der Waals surface area (Å²) in [6.45, 7) is 14.6. The topological polar surface area (TPSA) is 58.9 Å². The van der Waals surface area contributed by atoms with Gasteiger partial charge in [-0.05, 0) is 29.7 Å². The molecule has 0 aromatic heterocycles. The summed E-state index contributed by atoms with van der Waals surface area (Å²) in [5, 5.41) is 13.7. The molecule has 0 aliphatic heterocycles. The molecule has 1 rings (SSSR count). The molecule has 0 spiro atoms. The normalized spacial score (nSPS) is 28.7. The van der Waals surface area contributed by atoms with Gasteiger partial charge in [-0.15, -0.1) is 0 Å². The van der Waals surface area contributed by atoms with Crippen molar-refractivity contribution in [3.8, 4) is 0 Å². The Balaban J connectivity index is 2.99. The first kappa shape index (κ1) is 17.7. The second-order valence-corrected chi connectivity index (χ2v) is 7.54. The zero-order valence-electron chi connectivity index (χ0n) is 14.4. The van der Waals surface area contributed by atoms with E-state index in [0.717, 1.165) is 12.0 Å². The Kier molecular flexibility index (Phi) is 4.91. The smallest absolute Gasteiger partial charge is 0.311 e. The van der Waals surface area contributed by atoms with Crippen LogP contribution in [0.2, 0.25) is 0 Å². The molecule has 120 valence electrons. The quantitative estimate of drug-likeness (QED) is 0.455. The first-order chi connectivity index (χ1) is 9.53. The van der Waals surface area contributed by atoms with Crippen molar-refractivity contribution >= 4 is 12.2 Å². The van der Waals surface area contributed by atoms with E-state index < -0.39 is 11.4 Å². The van der Waals surface area contributed by atoms with Gasteiger partial charge in [0.15, 0.2) is 0 Å². The number of hydrogen-bond acceptors (Lipinski definition) is 3. The van der Waals surface area contributed by atoms with E-state index in [0.29, 0.717) is 6.61 Å². The van der Waals surface area contributed by atoms with Gasteiger partial charge in [-0.25, -0.2) is 0 Å². The van der Waals surface area contributed by atoms with E-state index in [1.165, 1.54) is 0 Å². The minimum Gasteiger partial charge on any atom is -0.481 e. The summed E-state index contributed by atoms with van der Waals surface area (Å²) in [6.07, 6.45) is 4.61. The second-order valence-electron chi connectivity index (χ2n) is 7.54. The number of nitrogens with zero attached hydrogens (tertiary/aromatic N) is 1. The van der Waals surface area contributed by atoms with Gasteiger partial charge in [0.05, 0.1) is 11.6 Å². The lowest BCUT2D eigenvalue weighted by atomic mass is 9.72. The van der Waals surface area contributed by atoms with Gasteiger partial charge in [-0.1, -0.05) is 52.8 Å². The fourth-order valence-electron chi connectivity index (χ4n) is 3.87. The van der Waals surface area contributed by atoms with Gasteiger partial charge in [0.1, 0.15) is 6.61 Å². The Hall–Kier alpha value is -1.32. The van der Waals surface area contributed by atoms with Gasteiger partial charge in [0.2, 0.25) is 0 Å². The molecule has 4 heteroatoms. The highest BCUT2D eigenvalue weighted by atomic mass is 16.6.